The zero-order valence-corrected chi connectivity index (χ0v) is 10.6. The number of ether oxygens (including phenoxy) is 1. The van der Waals surface area contributed by atoms with Gasteiger partial charge in [0.2, 0.25) is 0 Å². The number of nitrogens with one attached hydrogen (secondary N) is 1. The third-order valence-corrected chi connectivity index (χ3v) is 3.06. The Kier molecular flexibility index (Phi) is 6.96. The summed E-state index contributed by atoms with van der Waals surface area (Å²) in [5.41, 5.74) is 0. The summed E-state index contributed by atoms with van der Waals surface area (Å²) in [5, 5.41) is 12.7. The standard InChI is InChI=1S/C12H26N2O2/c1-3-5-13-11(10-15)8-14-6-7-16-12(4-2)9-14/h11-13,15H,3-10H2,1-2H3. The van der Waals surface area contributed by atoms with Gasteiger partial charge < -0.3 is 15.2 Å². The van der Waals surface area contributed by atoms with E-state index in [2.05, 4.69) is 24.1 Å². The zero-order chi connectivity index (χ0) is 11.8. The van der Waals surface area contributed by atoms with E-state index in [-0.39, 0.29) is 12.6 Å². The minimum atomic E-state index is 0.204. The first kappa shape index (κ1) is 13.9. The molecule has 0 bridgehead atoms. The monoisotopic (exact) mass is 230 g/mol. The molecule has 1 saturated heterocycles. The Morgan fingerprint density at radius 2 is 2.31 bits per heavy atom. The second-order valence-corrected chi connectivity index (χ2v) is 4.49. The summed E-state index contributed by atoms with van der Waals surface area (Å²) >= 11 is 0. The van der Waals surface area contributed by atoms with Gasteiger partial charge in [-0.1, -0.05) is 13.8 Å². The summed E-state index contributed by atoms with van der Waals surface area (Å²) in [4.78, 5) is 2.39. The first-order valence-electron chi connectivity index (χ1n) is 6.48. The number of hydrogen-bond acceptors (Lipinski definition) is 4. The first-order valence-corrected chi connectivity index (χ1v) is 6.48. The van der Waals surface area contributed by atoms with Gasteiger partial charge in [-0.15, -0.1) is 0 Å². The number of nitrogens with zero attached hydrogens (tertiary/aromatic N) is 1. The van der Waals surface area contributed by atoms with Crippen LogP contribution in [0.1, 0.15) is 26.7 Å². The van der Waals surface area contributed by atoms with E-state index >= 15 is 0 Å². The van der Waals surface area contributed by atoms with Crippen LogP contribution in [0.15, 0.2) is 0 Å². The molecule has 0 aromatic heterocycles. The Morgan fingerprint density at radius 3 is 2.94 bits per heavy atom. The second-order valence-electron chi connectivity index (χ2n) is 4.49. The fourth-order valence-electron chi connectivity index (χ4n) is 2.04. The quantitative estimate of drug-likeness (QED) is 0.667. The van der Waals surface area contributed by atoms with Crippen LogP contribution in [-0.2, 0) is 4.74 Å². The van der Waals surface area contributed by atoms with Gasteiger partial charge in [-0.2, -0.15) is 0 Å². The maximum absolute atomic E-state index is 9.29. The third-order valence-electron chi connectivity index (χ3n) is 3.06. The molecule has 0 radical (unpaired) electrons. The predicted molar refractivity (Wildman–Crippen MR) is 65.6 cm³/mol. The van der Waals surface area contributed by atoms with Crippen molar-refractivity contribution >= 4 is 0 Å². The molecule has 1 fully saturated rings. The lowest BCUT2D eigenvalue weighted by molar-refractivity contribution is -0.0337. The summed E-state index contributed by atoms with van der Waals surface area (Å²) < 4.78 is 5.63. The van der Waals surface area contributed by atoms with Crippen LogP contribution in [0, 0.1) is 0 Å². The van der Waals surface area contributed by atoms with Crippen molar-refractivity contribution in [3.63, 3.8) is 0 Å². The molecule has 2 atom stereocenters. The molecule has 1 rings (SSSR count). The molecular formula is C12H26N2O2. The van der Waals surface area contributed by atoms with Crippen LogP contribution in [0.3, 0.4) is 0 Å². The van der Waals surface area contributed by atoms with E-state index < -0.39 is 0 Å². The molecule has 0 amide bonds. The van der Waals surface area contributed by atoms with Crippen molar-refractivity contribution in [2.24, 2.45) is 0 Å². The van der Waals surface area contributed by atoms with Gasteiger partial charge in [-0.25, -0.2) is 0 Å². The Balaban J connectivity index is 2.27. The summed E-state index contributed by atoms with van der Waals surface area (Å²) in [6.45, 7) is 9.24. The summed E-state index contributed by atoms with van der Waals surface area (Å²) in [6, 6.07) is 0.204. The van der Waals surface area contributed by atoms with Crippen LogP contribution < -0.4 is 5.32 Å². The summed E-state index contributed by atoms with van der Waals surface area (Å²) in [7, 11) is 0. The number of hydrogen-bond donors (Lipinski definition) is 2. The van der Waals surface area contributed by atoms with Gasteiger partial charge in [0.05, 0.1) is 19.3 Å². The second kappa shape index (κ2) is 8.01. The van der Waals surface area contributed by atoms with Crippen molar-refractivity contribution in [3.8, 4) is 0 Å². The maximum Gasteiger partial charge on any atom is 0.0700 e. The van der Waals surface area contributed by atoms with Gasteiger partial charge >= 0.3 is 0 Å². The van der Waals surface area contributed by atoms with E-state index in [9.17, 15) is 5.11 Å². The fraction of sp³-hybridized carbons (Fsp3) is 1.00. The average Bonchev–Trinajstić information content (AvgIpc) is 2.34. The molecule has 16 heavy (non-hydrogen) atoms. The van der Waals surface area contributed by atoms with Crippen molar-refractivity contribution in [3.05, 3.63) is 0 Å². The number of rotatable bonds is 7. The van der Waals surface area contributed by atoms with E-state index in [1.54, 1.807) is 0 Å². The molecular weight excluding hydrogens is 204 g/mol. The topological polar surface area (TPSA) is 44.7 Å². The van der Waals surface area contributed by atoms with Gasteiger partial charge in [0.1, 0.15) is 0 Å². The highest BCUT2D eigenvalue weighted by molar-refractivity contribution is 4.76. The van der Waals surface area contributed by atoms with Crippen molar-refractivity contribution in [2.75, 3.05) is 39.4 Å². The zero-order valence-electron chi connectivity index (χ0n) is 10.6. The van der Waals surface area contributed by atoms with Crippen molar-refractivity contribution < 1.29 is 9.84 Å². The van der Waals surface area contributed by atoms with Gasteiger partial charge in [0.15, 0.2) is 0 Å². The molecule has 1 aliphatic heterocycles. The molecule has 0 saturated carbocycles. The number of aliphatic hydroxyl groups is 1. The Morgan fingerprint density at radius 1 is 1.50 bits per heavy atom. The molecule has 0 spiro atoms. The van der Waals surface area contributed by atoms with E-state index in [1.165, 1.54) is 0 Å². The predicted octanol–water partition coefficient (Wildman–Crippen LogP) is 0.458. The molecule has 1 heterocycles. The van der Waals surface area contributed by atoms with Gasteiger partial charge in [0.25, 0.3) is 0 Å². The number of morpholine rings is 1. The highest BCUT2D eigenvalue weighted by Crippen LogP contribution is 2.08. The van der Waals surface area contributed by atoms with Crippen molar-refractivity contribution in [2.45, 2.75) is 38.8 Å². The van der Waals surface area contributed by atoms with E-state index in [4.69, 9.17) is 4.74 Å². The number of aliphatic hydroxyl groups excluding tert-OH is 1. The van der Waals surface area contributed by atoms with Crippen LogP contribution in [0.2, 0.25) is 0 Å². The first-order chi connectivity index (χ1) is 7.80. The molecule has 0 aliphatic carbocycles. The van der Waals surface area contributed by atoms with Crippen LogP contribution in [0.25, 0.3) is 0 Å². The largest absolute Gasteiger partial charge is 0.395 e. The molecule has 0 aromatic rings. The molecule has 4 heteroatoms. The van der Waals surface area contributed by atoms with Crippen LogP contribution in [0.5, 0.6) is 0 Å². The Labute approximate surface area is 99.0 Å². The van der Waals surface area contributed by atoms with E-state index in [0.717, 1.165) is 45.6 Å². The highest BCUT2D eigenvalue weighted by Gasteiger charge is 2.21. The minimum Gasteiger partial charge on any atom is -0.395 e. The molecule has 2 N–H and O–H groups in total. The molecule has 1 aliphatic rings. The molecule has 2 unspecified atom stereocenters. The van der Waals surface area contributed by atoms with E-state index in [1.807, 2.05) is 0 Å². The fourth-order valence-corrected chi connectivity index (χ4v) is 2.04. The van der Waals surface area contributed by atoms with Crippen LogP contribution in [-0.4, -0.2) is 61.5 Å². The van der Waals surface area contributed by atoms with Gasteiger partial charge in [-0.05, 0) is 19.4 Å². The van der Waals surface area contributed by atoms with E-state index in [0.29, 0.717) is 6.10 Å². The van der Waals surface area contributed by atoms with Crippen LogP contribution >= 0.6 is 0 Å². The van der Waals surface area contributed by atoms with Gasteiger partial charge in [0, 0.05) is 25.7 Å². The maximum atomic E-state index is 9.29. The lowest BCUT2D eigenvalue weighted by Crippen LogP contribution is -2.49. The van der Waals surface area contributed by atoms with Crippen molar-refractivity contribution in [1.82, 2.24) is 10.2 Å². The smallest absolute Gasteiger partial charge is 0.0700 e. The lowest BCUT2D eigenvalue weighted by Gasteiger charge is -2.34. The lowest BCUT2D eigenvalue weighted by atomic mass is 10.2. The SMILES string of the molecule is CCCNC(CO)CN1CCOC(CC)C1. The summed E-state index contributed by atoms with van der Waals surface area (Å²) in [5.74, 6) is 0. The Bertz CT molecular complexity index is 178. The van der Waals surface area contributed by atoms with Gasteiger partial charge in [-0.3, -0.25) is 4.90 Å². The molecule has 96 valence electrons. The van der Waals surface area contributed by atoms with Crippen molar-refractivity contribution in [1.29, 1.82) is 0 Å². The average molecular weight is 230 g/mol. The normalized spacial score (nSPS) is 24.6. The Hall–Kier alpha value is -0.160. The molecule has 0 aromatic carbocycles. The highest BCUT2D eigenvalue weighted by atomic mass is 16.5. The van der Waals surface area contributed by atoms with Crippen LogP contribution in [0.4, 0.5) is 0 Å². The molecule has 4 nitrogen and oxygen atoms in total. The third kappa shape index (κ3) is 4.78. The summed E-state index contributed by atoms with van der Waals surface area (Å²) in [6.07, 6.45) is 2.55. The minimum absolute atomic E-state index is 0.204.